The number of sulfone groups is 1. The Bertz CT molecular complexity index is 1360. The first kappa shape index (κ1) is 33.1. The number of ketones is 1. The molecule has 1 aromatic heterocycles. The summed E-state index contributed by atoms with van der Waals surface area (Å²) in [4.78, 5) is 18.0. The van der Waals surface area contributed by atoms with Gasteiger partial charge >= 0.3 is 0 Å². The molecule has 0 radical (unpaired) electrons. The lowest BCUT2D eigenvalue weighted by molar-refractivity contribution is -0.116. The molecule has 0 fully saturated rings. The number of hydrogen-bond donors (Lipinski definition) is 1. The van der Waals surface area contributed by atoms with Crippen molar-refractivity contribution in [3.8, 4) is 0 Å². The summed E-state index contributed by atoms with van der Waals surface area (Å²) >= 11 is 0.930. The molecule has 1 N–H and O–H groups in total. The Morgan fingerprint density at radius 3 is 2.27 bits per heavy atom. The molecular formula is C30H47NO6S2Si. The van der Waals surface area contributed by atoms with E-state index < -0.39 is 29.5 Å². The van der Waals surface area contributed by atoms with E-state index in [4.69, 9.17) is 9.16 Å². The molecule has 2 heterocycles. The van der Waals surface area contributed by atoms with Crippen LogP contribution in [0.4, 0.5) is 0 Å². The zero-order chi connectivity index (χ0) is 30.4. The Morgan fingerprint density at radius 1 is 1.12 bits per heavy atom. The summed E-state index contributed by atoms with van der Waals surface area (Å²) in [6.07, 6.45) is 0.0422. The second kappa shape index (κ2) is 11.7. The number of Topliss-reactive ketones (excluding diaryl/α,β-unsaturated/α-hetero) is 1. The van der Waals surface area contributed by atoms with Crippen LogP contribution in [0.25, 0.3) is 0 Å². The Labute approximate surface area is 245 Å². The van der Waals surface area contributed by atoms with Crippen LogP contribution in [0.1, 0.15) is 113 Å². The third-order valence-corrected chi connectivity index (χ3v) is 16.2. The average Bonchev–Trinajstić information content (AvgIpc) is 3.42. The Hall–Kier alpha value is -1.43. The summed E-state index contributed by atoms with van der Waals surface area (Å²) in [7, 11) is -6.23. The van der Waals surface area contributed by atoms with Crippen molar-refractivity contribution in [1.82, 2.24) is 4.98 Å². The molecule has 1 aromatic carbocycles. The van der Waals surface area contributed by atoms with Gasteiger partial charge in [0.15, 0.2) is 23.9 Å². The molecule has 0 unspecified atom stereocenters. The van der Waals surface area contributed by atoms with Gasteiger partial charge in [-0.2, -0.15) is 0 Å². The fourth-order valence-corrected chi connectivity index (χ4v) is 8.54. The molecule has 0 amide bonds. The number of fused-ring (bicyclic) bond motifs is 1. The van der Waals surface area contributed by atoms with Gasteiger partial charge in [-0.25, -0.2) is 13.4 Å². The molecule has 0 saturated heterocycles. The van der Waals surface area contributed by atoms with Crippen molar-refractivity contribution < 1.29 is 27.5 Å². The molecular weight excluding hydrogens is 563 g/mol. The van der Waals surface area contributed by atoms with Crippen LogP contribution in [0.2, 0.25) is 18.1 Å². The Kier molecular flexibility index (Phi) is 9.66. The van der Waals surface area contributed by atoms with E-state index in [1.165, 1.54) is 0 Å². The van der Waals surface area contributed by atoms with Crippen LogP contribution in [-0.2, 0) is 55.6 Å². The first-order chi connectivity index (χ1) is 18.2. The fraction of sp³-hybridized carbons (Fsp3) is 0.667. The highest BCUT2D eigenvalue weighted by molar-refractivity contribution is 7.94. The summed E-state index contributed by atoms with van der Waals surface area (Å²) in [6.45, 7) is 23.2. The minimum Gasteiger partial charge on any atom is -0.411 e. The highest BCUT2D eigenvalue weighted by Crippen LogP contribution is 2.40. The van der Waals surface area contributed by atoms with Crippen LogP contribution in [0.15, 0.2) is 10.3 Å². The van der Waals surface area contributed by atoms with Crippen LogP contribution < -0.4 is 0 Å². The number of aromatic nitrogens is 1. The summed E-state index contributed by atoms with van der Waals surface area (Å²) in [5.41, 5.74) is 4.34. The highest BCUT2D eigenvalue weighted by atomic mass is 32.2. The number of benzene rings is 1. The van der Waals surface area contributed by atoms with Crippen molar-refractivity contribution in [2.45, 2.75) is 128 Å². The number of carbonyl (C=O) groups is 1. The summed E-state index contributed by atoms with van der Waals surface area (Å²) in [5, 5.41) is 10.8. The topological polar surface area (TPSA) is 103 Å². The molecule has 0 aliphatic carbocycles. The predicted molar refractivity (Wildman–Crippen MR) is 163 cm³/mol. The van der Waals surface area contributed by atoms with Gasteiger partial charge in [-0.3, -0.25) is 4.79 Å². The van der Waals surface area contributed by atoms with E-state index in [-0.39, 0.29) is 50.6 Å². The molecule has 0 spiro atoms. The van der Waals surface area contributed by atoms with Crippen molar-refractivity contribution in [2.75, 3.05) is 5.75 Å². The van der Waals surface area contributed by atoms with Gasteiger partial charge in [0, 0.05) is 6.42 Å². The fourth-order valence-electron chi connectivity index (χ4n) is 4.77. The normalized spacial score (nSPS) is 14.8. The number of carbonyl (C=O) groups excluding carboxylic acids is 1. The van der Waals surface area contributed by atoms with Gasteiger partial charge in [-0.15, -0.1) is 11.3 Å². The van der Waals surface area contributed by atoms with Crippen molar-refractivity contribution in [2.24, 2.45) is 0 Å². The van der Waals surface area contributed by atoms with E-state index in [0.29, 0.717) is 13.2 Å². The van der Waals surface area contributed by atoms with Crippen molar-refractivity contribution in [3.63, 3.8) is 0 Å². The van der Waals surface area contributed by atoms with Crippen LogP contribution in [0, 0.1) is 0 Å². The van der Waals surface area contributed by atoms with E-state index in [2.05, 4.69) is 72.6 Å². The standard InChI is InChI=1S/C30H47NO6S2Si/c1-18(2)22-12-20-14-36-15-24(20)26(19(3)4)23(22)13-21(32)17-39(34,35)27-25(31-28(38-27)30(8,9)33)16-37-40(10,11)29(5,6)7/h12,18-19,33H,13-17H2,1-11H3. The second-order valence-corrected chi connectivity index (χ2v) is 21.6. The summed E-state index contributed by atoms with van der Waals surface area (Å²) in [5.74, 6) is -0.644. The molecule has 0 bridgehead atoms. The Morgan fingerprint density at radius 2 is 1.75 bits per heavy atom. The van der Waals surface area contributed by atoms with Crippen LogP contribution in [-0.4, -0.2) is 38.4 Å². The number of nitrogens with zero attached hydrogens (tertiary/aromatic N) is 1. The van der Waals surface area contributed by atoms with E-state index in [1.807, 2.05) is 0 Å². The third-order valence-electron chi connectivity index (χ3n) is 7.99. The smallest absolute Gasteiger partial charge is 0.196 e. The van der Waals surface area contributed by atoms with E-state index in [1.54, 1.807) is 13.8 Å². The maximum absolute atomic E-state index is 13.7. The van der Waals surface area contributed by atoms with Crippen molar-refractivity contribution >= 4 is 35.3 Å². The first-order valence-electron chi connectivity index (χ1n) is 14.0. The molecule has 3 rings (SSSR count). The molecule has 2 aromatic rings. The number of aliphatic hydroxyl groups is 1. The molecule has 7 nitrogen and oxygen atoms in total. The minimum absolute atomic E-state index is 0.00667. The zero-order valence-electron chi connectivity index (χ0n) is 26.0. The van der Waals surface area contributed by atoms with Gasteiger partial charge in [0.05, 0.1) is 25.5 Å². The van der Waals surface area contributed by atoms with Gasteiger partial charge < -0.3 is 14.3 Å². The summed E-state index contributed by atoms with van der Waals surface area (Å²) < 4.78 is 39.5. The SMILES string of the molecule is CC(C)c1cc2c(c(C(C)C)c1CC(=O)CS(=O)(=O)c1sc(C(C)(C)O)nc1CO[Si](C)(C)C(C)(C)C)COC2. The molecule has 1 aliphatic heterocycles. The summed E-state index contributed by atoms with van der Waals surface area (Å²) in [6, 6.07) is 2.13. The largest absolute Gasteiger partial charge is 0.411 e. The van der Waals surface area contributed by atoms with Crippen molar-refractivity contribution in [3.05, 3.63) is 44.6 Å². The maximum atomic E-state index is 13.7. The second-order valence-electron chi connectivity index (χ2n) is 13.6. The van der Waals surface area contributed by atoms with E-state index >= 15 is 0 Å². The third kappa shape index (κ3) is 7.13. The molecule has 224 valence electrons. The quantitative estimate of drug-likeness (QED) is 0.281. The number of hydrogen-bond acceptors (Lipinski definition) is 8. The van der Waals surface area contributed by atoms with E-state index in [0.717, 1.165) is 39.2 Å². The lowest BCUT2D eigenvalue weighted by atomic mass is 9.82. The van der Waals surface area contributed by atoms with Gasteiger partial charge in [-0.05, 0) is 71.6 Å². The van der Waals surface area contributed by atoms with Crippen LogP contribution in [0.5, 0.6) is 0 Å². The molecule has 40 heavy (non-hydrogen) atoms. The lowest BCUT2D eigenvalue weighted by Crippen LogP contribution is -2.40. The monoisotopic (exact) mass is 609 g/mol. The average molecular weight is 610 g/mol. The molecule has 0 saturated carbocycles. The zero-order valence-corrected chi connectivity index (χ0v) is 28.7. The van der Waals surface area contributed by atoms with Gasteiger partial charge in [0.2, 0.25) is 0 Å². The predicted octanol–water partition coefficient (Wildman–Crippen LogP) is 6.75. The molecule has 10 heteroatoms. The van der Waals surface area contributed by atoms with Crippen molar-refractivity contribution in [1.29, 1.82) is 0 Å². The number of ether oxygens (including phenoxy) is 1. The van der Waals surface area contributed by atoms with Crippen LogP contribution >= 0.6 is 11.3 Å². The molecule has 1 aliphatic rings. The maximum Gasteiger partial charge on any atom is 0.196 e. The van der Waals surface area contributed by atoms with Crippen LogP contribution in [0.3, 0.4) is 0 Å². The van der Waals surface area contributed by atoms with Gasteiger partial charge in [0.25, 0.3) is 0 Å². The van der Waals surface area contributed by atoms with Gasteiger partial charge in [-0.1, -0.05) is 54.5 Å². The molecule has 0 atom stereocenters. The minimum atomic E-state index is -4.02. The van der Waals surface area contributed by atoms with Gasteiger partial charge in [0.1, 0.15) is 20.6 Å². The lowest BCUT2D eigenvalue weighted by Gasteiger charge is -2.36. The highest BCUT2D eigenvalue weighted by Gasteiger charge is 2.39. The first-order valence-corrected chi connectivity index (χ1v) is 19.4. The Balaban J connectivity index is 1.97. The number of rotatable bonds is 11. The number of thiazole rings is 1. The van der Waals surface area contributed by atoms with E-state index in [9.17, 15) is 18.3 Å².